The van der Waals surface area contributed by atoms with Crippen LogP contribution in [0.25, 0.3) is 0 Å². The maximum atomic E-state index is 9.93. The summed E-state index contributed by atoms with van der Waals surface area (Å²) in [4.78, 5) is 0. The molecule has 1 aliphatic carbocycles. The van der Waals surface area contributed by atoms with E-state index in [-0.39, 0.29) is 12.8 Å². The van der Waals surface area contributed by atoms with Crippen molar-refractivity contribution in [2.75, 3.05) is 13.2 Å². The van der Waals surface area contributed by atoms with Crippen molar-refractivity contribution in [3.8, 4) is 0 Å². The number of aliphatic hydroxyl groups is 9. The Labute approximate surface area is 127 Å². The van der Waals surface area contributed by atoms with E-state index in [1.54, 1.807) is 0 Å². The first-order valence-corrected chi connectivity index (χ1v) is 7.22. The molecular weight excluding hydrogens is 300 g/mol. The summed E-state index contributed by atoms with van der Waals surface area (Å²) >= 11 is 0. The maximum Gasteiger partial charge on any atom is 0.111 e. The van der Waals surface area contributed by atoms with E-state index >= 15 is 0 Å². The molecule has 0 saturated heterocycles. The Balaban J connectivity index is 2.62. The van der Waals surface area contributed by atoms with Crippen LogP contribution in [0.3, 0.4) is 0 Å². The number of aliphatic hydroxyl groups excluding tert-OH is 9. The van der Waals surface area contributed by atoms with E-state index in [2.05, 4.69) is 0 Å². The van der Waals surface area contributed by atoms with Crippen molar-refractivity contribution in [1.29, 1.82) is 0 Å². The number of hydrogen-bond acceptors (Lipinski definition) is 9. The van der Waals surface area contributed by atoms with Gasteiger partial charge in [-0.25, -0.2) is 0 Å². The SMILES string of the molecule is OC[C@@H](O)[C@H](O)[C@@H](O)[C@H](O)[C@H](O)CC1C[C@@H](O)[C@H](O)[C@H]1CO. The van der Waals surface area contributed by atoms with Gasteiger partial charge in [-0.05, 0) is 18.8 Å². The molecule has 1 unspecified atom stereocenters. The molecular formula is C13H26O9. The first kappa shape index (κ1) is 19.7. The van der Waals surface area contributed by atoms with Gasteiger partial charge in [0.2, 0.25) is 0 Å². The number of hydrogen-bond donors (Lipinski definition) is 9. The summed E-state index contributed by atoms with van der Waals surface area (Å²) in [6.45, 7) is -1.23. The Hall–Kier alpha value is -0.360. The molecule has 22 heavy (non-hydrogen) atoms. The van der Waals surface area contributed by atoms with E-state index in [1.807, 2.05) is 0 Å². The summed E-state index contributed by atoms with van der Waals surface area (Å²) in [6.07, 6.45) is -10.9. The molecule has 0 aromatic rings. The molecule has 0 amide bonds. The minimum Gasteiger partial charge on any atom is -0.396 e. The van der Waals surface area contributed by atoms with E-state index in [9.17, 15) is 40.9 Å². The van der Waals surface area contributed by atoms with Crippen LogP contribution in [-0.2, 0) is 0 Å². The van der Waals surface area contributed by atoms with Gasteiger partial charge in [0.15, 0.2) is 0 Å². The fraction of sp³-hybridized carbons (Fsp3) is 1.00. The zero-order chi connectivity index (χ0) is 17.0. The summed E-state index contributed by atoms with van der Waals surface area (Å²) in [5, 5.41) is 85.3. The second kappa shape index (κ2) is 8.48. The molecule has 132 valence electrons. The van der Waals surface area contributed by atoms with E-state index < -0.39 is 67.8 Å². The maximum absolute atomic E-state index is 9.93. The van der Waals surface area contributed by atoms with E-state index in [1.165, 1.54) is 0 Å². The molecule has 1 saturated carbocycles. The second-order valence-corrected chi connectivity index (χ2v) is 5.92. The fourth-order valence-electron chi connectivity index (χ4n) is 2.93. The van der Waals surface area contributed by atoms with Gasteiger partial charge < -0.3 is 46.0 Å². The molecule has 1 fully saturated rings. The van der Waals surface area contributed by atoms with Crippen LogP contribution < -0.4 is 0 Å². The topological polar surface area (TPSA) is 182 Å². The molecule has 0 aromatic heterocycles. The van der Waals surface area contributed by atoms with Gasteiger partial charge in [0.25, 0.3) is 0 Å². The highest BCUT2D eigenvalue weighted by Crippen LogP contribution is 2.36. The lowest BCUT2D eigenvalue weighted by molar-refractivity contribution is -0.143. The highest BCUT2D eigenvalue weighted by molar-refractivity contribution is 4.93. The summed E-state index contributed by atoms with van der Waals surface area (Å²) in [7, 11) is 0. The highest BCUT2D eigenvalue weighted by atomic mass is 16.4. The van der Waals surface area contributed by atoms with Crippen LogP contribution in [0.2, 0.25) is 0 Å². The lowest BCUT2D eigenvalue weighted by atomic mass is 9.87. The number of rotatable bonds is 8. The molecule has 9 heteroatoms. The van der Waals surface area contributed by atoms with E-state index in [4.69, 9.17) is 5.11 Å². The predicted octanol–water partition coefficient (Wildman–Crippen LogP) is -4.48. The largest absolute Gasteiger partial charge is 0.396 e. The van der Waals surface area contributed by atoms with Crippen LogP contribution in [0, 0.1) is 11.8 Å². The Morgan fingerprint density at radius 1 is 0.818 bits per heavy atom. The minimum atomic E-state index is -1.89. The molecule has 1 rings (SSSR count). The second-order valence-electron chi connectivity index (χ2n) is 5.92. The van der Waals surface area contributed by atoms with Gasteiger partial charge in [0.1, 0.15) is 24.4 Å². The van der Waals surface area contributed by atoms with Gasteiger partial charge in [-0.1, -0.05) is 0 Å². The molecule has 0 spiro atoms. The van der Waals surface area contributed by atoms with Crippen molar-refractivity contribution >= 4 is 0 Å². The standard InChI is InChI=1S/C13H26O9/c14-3-6-5(1-7(16)10(6)19)2-8(17)11(20)13(22)12(21)9(18)4-15/h5-22H,1-4H2/t5?,6-,7+,8+,9+,10+,11+,12-,13-/m0/s1. The van der Waals surface area contributed by atoms with Gasteiger partial charge in [0.05, 0.1) is 24.9 Å². The van der Waals surface area contributed by atoms with Gasteiger partial charge in [-0.3, -0.25) is 0 Å². The molecule has 0 bridgehead atoms. The van der Waals surface area contributed by atoms with Crippen LogP contribution in [0.1, 0.15) is 12.8 Å². The lowest BCUT2D eigenvalue weighted by Crippen LogP contribution is -2.50. The average Bonchev–Trinajstić information content (AvgIpc) is 2.77. The Kier molecular flexibility index (Phi) is 7.59. The summed E-state index contributed by atoms with van der Waals surface area (Å²) < 4.78 is 0. The first-order valence-electron chi connectivity index (χ1n) is 7.22. The Morgan fingerprint density at radius 3 is 1.86 bits per heavy atom. The summed E-state index contributed by atoms with van der Waals surface area (Å²) in [6, 6.07) is 0. The van der Waals surface area contributed by atoms with Crippen LogP contribution >= 0.6 is 0 Å². The quantitative estimate of drug-likeness (QED) is 0.212. The van der Waals surface area contributed by atoms with Gasteiger partial charge in [0, 0.05) is 12.5 Å². The van der Waals surface area contributed by atoms with Crippen molar-refractivity contribution < 1.29 is 46.0 Å². The molecule has 0 aromatic carbocycles. The van der Waals surface area contributed by atoms with Crippen molar-refractivity contribution in [3.05, 3.63) is 0 Å². The van der Waals surface area contributed by atoms with E-state index in [0.29, 0.717) is 0 Å². The molecule has 0 aliphatic heterocycles. The first-order chi connectivity index (χ1) is 10.2. The van der Waals surface area contributed by atoms with Crippen LogP contribution in [0.4, 0.5) is 0 Å². The van der Waals surface area contributed by atoms with Crippen molar-refractivity contribution in [3.63, 3.8) is 0 Å². The molecule has 9 atom stereocenters. The van der Waals surface area contributed by atoms with E-state index in [0.717, 1.165) is 0 Å². The van der Waals surface area contributed by atoms with Gasteiger partial charge in [-0.2, -0.15) is 0 Å². The van der Waals surface area contributed by atoms with Crippen molar-refractivity contribution in [1.82, 2.24) is 0 Å². The summed E-state index contributed by atoms with van der Waals surface area (Å²) in [5.74, 6) is -1.14. The highest BCUT2D eigenvalue weighted by Gasteiger charge is 2.43. The zero-order valence-electron chi connectivity index (χ0n) is 12.0. The third kappa shape index (κ3) is 4.34. The van der Waals surface area contributed by atoms with Crippen LogP contribution in [0.5, 0.6) is 0 Å². The average molecular weight is 326 g/mol. The third-order valence-electron chi connectivity index (χ3n) is 4.41. The summed E-state index contributed by atoms with van der Waals surface area (Å²) in [5.41, 5.74) is 0. The molecule has 1 aliphatic rings. The smallest absolute Gasteiger partial charge is 0.111 e. The zero-order valence-corrected chi connectivity index (χ0v) is 12.0. The van der Waals surface area contributed by atoms with Crippen LogP contribution in [0.15, 0.2) is 0 Å². The van der Waals surface area contributed by atoms with Crippen LogP contribution in [-0.4, -0.2) is 102 Å². The third-order valence-corrected chi connectivity index (χ3v) is 4.41. The Morgan fingerprint density at radius 2 is 1.36 bits per heavy atom. The van der Waals surface area contributed by atoms with Crippen molar-refractivity contribution in [2.24, 2.45) is 11.8 Å². The molecule has 9 N–H and O–H groups in total. The monoisotopic (exact) mass is 326 g/mol. The molecule has 9 nitrogen and oxygen atoms in total. The fourth-order valence-corrected chi connectivity index (χ4v) is 2.93. The lowest BCUT2D eigenvalue weighted by Gasteiger charge is -2.30. The van der Waals surface area contributed by atoms with Crippen molar-refractivity contribution in [2.45, 2.75) is 55.6 Å². The molecule has 0 radical (unpaired) electrons. The van der Waals surface area contributed by atoms with Gasteiger partial charge >= 0.3 is 0 Å². The minimum absolute atomic E-state index is 0.119. The normalized spacial score (nSPS) is 35.9. The Bertz CT molecular complexity index is 329. The molecule has 0 heterocycles. The predicted molar refractivity (Wildman–Crippen MR) is 72.4 cm³/mol. The van der Waals surface area contributed by atoms with Gasteiger partial charge in [-0.15, -0.1) is 0 Å².